The molecule has 1 saturated heterocycles. The van der Waals surface area contributed by atoms with E-state index in [1.807, 2.05) is 36.4 Å². The molecule has 1 aromatic heterocycles. The molecule has 0 radical (unpaired) electrons. The van der Waals surface area contributed by atoms with Crippen molar-refractivity contribution in [3.8, 4) is 11.5 Å². The summed E-state index contributed by atoms with van der Waals surface area (Å²) >= 11 is 0. The van der Waals surface area contributed by atoms with Crippen molar-refractivity contribution in [1.29, 1.82) is 0 Å². The molecule has 0 bridgehead atoms. The number of likely N-dealkylation sites (tertiary alicyclic amines) is 1. The number of aliphatic hydroxyl groups excluding tert-OH is 1. The second-order valence-corrected chi connectivity index (χ2v) is 9.98. The molecule has 0 saturated carbocycles. The monoisotopic (exact) mass is 506 g/mol. The second-order valence-electron chi connectivity index (χ2n) is 9.98. The SMILES string of the molecule is COc1cccc(CCCCN2CC[C@@H](CC[C@H](O)c3ccnc4ccc(OC)cc34)[C@@H](C(=O)O)C2)c1. The van der Waals surface area contributed by atoms with Crippen LogP contribution in [0.2, 0.25) is 0 Å². The summed E-state index contributed by atoms with van der Waals surface area (Å²) in [5.74, 6) is 0.512. The molecule has 2 aromatic carbocycles. The van der Waals surface area contributed by atoms with Crippen LogP contribution in [-0.2, 0) is 11.2 Å². The fraction of sp³-hybridized carbons (Fsp3) is 0.467. The number of piperidine rings is 1. The summed E-state index contributed by atoms with van der Waals surface area (Å²) in [4.78, 5) is 18.8. The molecule has 2 N–H and O–H groups in total. The van der Waals surface area contributed by atoms with Crippen molar-refractivity contribution in [2.45, 2.75) is 44.6 Å². The van der Waals surface area contributed by atoms with Crippen molar-refractivity contribution < 1.29 is 24.5 Å². The first-order chi connectivity index (χ1) is 18.0. The molecule has 0 spiro atoms. The number of aliphatic carboxylic acids is 1. The third kappa shape index (κ3) is 6.99. The van der Waals surface area contributed by atoms with Crippen LogP contribution in [-0.4, -0.2) is 59.9 Å². The van der Waals surface area contributed by atoms with Crippen molar-refractivity contribution in [1.82, 2.24) is 9.88 Å². The molecule has 3 atom stereocenters. The Kier molecular flexibility index (Phi) is 9.36. The van der Waals surface area contributed by atoms with E-state index in [4.69, 9.17) is 9.47 Å². The van der Waals surface area contributed by atoms with Gasteiger partial charge in [0.25, 0.3) is 0 Å². The number of carboxylic acid groups (broad SMARTS) is 1. The number of fused-ring (bicyclic) bond motifs is 1. The molecular formula is C30H38N2O5. The number of carbonyl (C=O) groups is 1. The Morgan fingerprint density at radius 3 is 2.70 bits per heavy atom. The number of rotatable bonds is 12. The molecule has 3 aromatic rings. The van der Waals surface area contributed by atoms with Crippen molar-refractivity contribution in [3.63, 3.8) is 0 Å². The molecule has 0 aliphatic carbocycles. The van der Waals surface area contributed by atoms with Crippen molar-refractivity contribution in [2.75, 3.05) is 33.9 Å². The van der Waals surface area contributed by atoms with Crippen LogP contribution in [0, 0.1) is 11.8 Å². The third-order valence-electron chi connectivity index (χ3n) is 7.63. The minimum atomic E-state index is -0.736. The molecule has 1 aliphatic rings. The fourth-order valence-electron chi connectivity index (χ4n) is 5.48. The molecule has 0 unspecified atom stereocenters. The van der Waals surface area contributed by atoms with Gasteiger partial charge in [0, 0.05) is 18.1 Å². The molecule has 7 nitrogen and oxygen atoms in total. The van der Waals surface area contributed by atoms with Gasteiger partial charge >= 0.3 is 5.97 Å². The van der Waals surface area contributed by atoms with Gasteiger partial charge in [-0.15, -0.1) is 0 Å². The first-order valence-corrected chi connectivity index (χ1v) is 13.2. The zero-order valence-electron chi connectivity index (χ0n) is 21.8. The van der Waals surface area contributed by atoms with Gasteiger partial charge in [-0.05, 0) is 105 Å². The van der Waals surface area contributed by atoms with Gasteiger partial charge in [-0.2, -0.15) is 0 Å². The number of hydrogen-bond acceptors (Lipinski definition) is 6. The van der Waals surface area contributed by atoms with E-state index in [0.717, 1.165) is 66.7 Å². The molecule has 2 heterocycles. The molecular weight excluding hydrogens is 468 g/mol. The number of methoxy groups -OCH3 is 2. The summed E-state index contributed by atoms with van der Waals surface area (Å²) in [6.07, 6.45) is 6.14. The topological polar surface area (TPSA) is 92.1 Å². The largest absolute Gasteiger partial charge is 0.497 e. The van der Waals surface area contributed by atoms with Crippen LogP contribution in [0.1, 0.15) is 49.3 Å². The van der Waals surface area contributed by atoms with Gasteiger partial charge in [0.2, 0.25) is 0 Å². The van der Waals surface area contributed by atoms with Crippen LogP contribution in [0.5, 0.6) is 11.5 Å². The Morgan fingerprint density at radius 2 is 1.92 bits per heavy atom. The normalized spacial score (nSPS) is 19.0. The highest BCUT2D eigenvalue weighted by Crippen LogP contribution is 2.34. The van der Waals surface area contributed by atoms with Crippen LogP contribution in [0.25, 0.3) is 10.9 Å². The number of pyridine rings is 1. The highest BCUT2D eigenvalue weighted by Gasteiger charge is 2.34. The summed E-state index contributed by atoms with van der Waals surface area (Å²) < 4.78 is 10.6. The maximum Gasteiger partial charge on any atom is 0.308 e. The maximum atomic E-state index is 12.1. The average molecular weight is 507 g/mol. The third-order valence-corrected chi connectivity index (χ3v) is 7.63. The predicted octanol–water partition coefficient (Wildman–Crippen LogP) is 5.11. The van der Waals surface area contributed by atoms with Crippen molar-refractivity contribution in [2.24, 2.45) is 11.8 Å². The number of aliphatic hydroxyl groups is 1. The lowest BCUT2D eigenvalue weighted by Gasteiger charge is -2.37. The number of nitrogens with zero attached hydrogens (tertiary/aromatic N) is 2. The van der Waals surface area contributed by atoms with Crippen LogP contribution < -0.4 is 9.47 Å². The predicted molar refractivity (Wildman–Crippen MR) is 144 cm³/mol. The Balaban J connectivity index is 1.28. The van der Waals surface area contributed by atoms with Gasteiger partial charge in [0.05, 0.1) is 31.8 Å². The number of carboxylic acids is 1. The molecule has 37 heavy (non-hydrogen) atoms. The summed E-state index contributed by atoms with van der Waals surface area (Å²) in [5.41, 5.74) is 2.88. The fourth-order valence-corrected chi connectivity index (χ4v) is 5.48. The first-order valence-electron chi connectivity index (χ1n) is 13.2. The highest BCUT2D eigenvalue weighted by atomic mass is 16.5. The van der Waals surface area contributed by atoms with Crippen LogP contribution in [0.4, 0.5) is 0 Å². The molecule has 0 amide bonds. The first kappa shape index (κ1) is 26.9. The minimum absolute atomic E-state index is 0.0582. The Morgan fingerprint density at radius 1 is 1.11 bits per heavy atom. The minimum Gasteiger partial charge on any atom is -0.497 e. The van der Waals surface area contributed by atoms with E-state index in [2.05, 4.69) is 22.0 Å². The van der Waals surface area contributed by atoms with Gasteiger partial charge in [-0.25, -0.2) is 0 Å². The van der Waals surface area contributed by atoms with Crippen LogP contribution in [0.15, 0.2) is 54.7 Å². The Bertz CT molecular complexity index is 1180. The number of ether oxygens (including phenoxy) is 2. The lowest BCUT2D eigenvalue weighted by molar-refractivity contribution is -0.146. The molecule has 1 fully saturated rings. The smallest absolute Gasteiger partial charge is 0.308 e. The zero-order chi connectivity index (χ0) is 26.2. The lowest BCUT2D eigenvalue weighted by Crippen LogP contribution is -2.44. The average Bonchev–Trinajstić information content (AvgIpc) is 2.93. The van der Waals surface area contributed by atoms with E-state index in [9.17, 15) is 15.0 Å². The molecule has 4 rings (SSSR count). The van der Waals surface area contributed by atoms with Gasteiger partial charge in [-0.3, -0.25) is 9.78 Å². The quantitative estimate of drug-likeness (QED) is 0.330. The van der Waals surface area contributed by atoms with Gasteiger partial charge in [0.15, 0.2) is 0 Å². The van der Waals surface area contributed by atoms with E-state index in [1.54, 1.807) is 20.4 Å². The van der Waals surface area contributed by atoms with Gasteiger partial charge in [0.1, 0.15) is 11.5 Å². The van der Waals surface area contributed by atoms with E-state index in [1.165, 1.54) is 5.56 Å². The van der Waals surface area contributed by atoms with Crippen LogP contribution >= 0.6 is 0 Å². The Hall–Kier alpha value is -3.16. The number of aromatic nitrogens is 1. The van der Waals surface area contributed by atoms with E-state index in [-0.39, 0.29) is 5.92 Å². The zero-order valence-corrected chi connectivity index (χ0v) is 21.8. The number of aryl methyl sites for hydroxylation is 1. The number of unbranched alkanes of at least 4 members (excludes halogenated alkanes) is 1. The van der Waals surface area contributed by atoms with E-state index < -0.39 is 18.0 Å². The van der Waals surface area contributed by atoms with Crippen molar-refractivity contribution >= 4 is 16.9 Å². The Labute approximate surface area is 219 Å². The highest BCUT2D eigenvalue weighted by molar-refractivity contribution is 5.83. The standard InChI is InChI=1S/C30H38N2O5/c1-36-23-8-5-7-21(18-23)6-3-4-16-32-17-14-22(27(20-32)30(34)35)9-12-29(33)25-13-15-31-28-11-10-24(37-2)19-26(25)28/h5,7-8,10-11,13,15,18-19,22,27,29,33H,3-4,6,9,12,14,16-17,20H2,1-2H3,(H,34,35)/t22-,27+,29+/m1/s1. The van der Waals surface area contributed by atoms with Crippen LogP contribution in [0.3, 0.4) is 0 Å². The van der Waals surface area contributed by atoms with E-state index in [0.29, 0.717) is 19.4 Å². The molecule has 7 heteroatoms. The summed E-state index contributed by atoms with van der Waals surface area (Å²) in [6, 6.07) is 15.6. The van der Waals surface area contributed by atoms with Gasteiger partial charge in [-0.1, -0.05) is 12.1 Å². The van der Waals surface area contributed by atoms with Crippen molar-refractivity contribution in [3.05, 3.63) is 65.9 Å². The molecule has 198 valence electrons. The molecule has 1 aliphatic heterocycles. The number of hydrogen-bond donors (Lipinski definition) is 2. The maximum absolute atomic E-state index is 12.1. The lowest BCUT2D eigenvalue weighted by atomic mass is 9.81. The van der Waals surface area contributed by atoms with Gasteiger partial charge < -0.3 is 24.6 Å². The summed E-state index contributed by atoms with van der Waals surface area (Å²) in [7, 11) is 3.30. The summed E-state index contributed by atoms with van der Waals surface area (Å²) in [6.45, 7) is 2.39. The van der Waals surface area contributed by atoms with E-state index >= 15 is 0 Å². The number of benzene rings is 2. The summed E-state index contributed by atoms with van der Waals surface area (Å²) in [5, 5.41) is 21.8. The second kappa shape index (κ2) is 12.9.